The second-order valence-electron chi connectivity index (χ2n) is 7.10. The largest absolute Gasteiger partial charge is 0.448 e. The molecule has 3 rings (SSSR count). The number of carbonyl (C=O) groups is 2. The minimum atomic E-state index is -0.987. The van der Waals surface area contributed by atoms with Crippen LogP contribution >= 0.6 is 0 Å². The average Bonchev–Trinajstić information content (AvgIpc) is 3.07. The van der Waals surface area contributed by atoms with Crippen LogP contribution in [0.2, 0.25) is 0 Å². The van der Waals surface area contributed by atoms with E-state index >= 15 is 0 Å². The number of nitrogens with zero attached hydrogens (tertiary/aromatic N) is 1. The Morgan fingerprint density at radius 3 is 2.28 bits per heavy atom. The van der Waals surface area contributed by atoms with Gasteiger partial charge in [0.25, 0.3) is 5.91 Å². The van der Waals surface area contributed by atoms with Gasteiger partial charge in [0.15, 0.2) is 11.8 Å². The molecule has 1 N–H and O–H groups in total. The minimum absolute atomic E-state index is 0.0613. The Kier molecular flexibility index (Phi) is 5.82. The molecule has 1 amide bonds. The van der Waals surface area contributed by atoms with Crippen molar-refractivity contribution in [1.82, 2.24) is 4.98 Å². The van der Waals surface area contributed by atoms with Crippen LogP contribution in [-0.2, 0) is 9.53 Å². The summed E-state index contributed by atoms with van der Waals surface area (Å²) in [6.45, 7) is 9.02. The zero-order chi connectivity index (χ0) is 21.1. The molecule has 0 spiro atoms. The number of benzene rings is 2. The molecule has 6 heteroatoms. The standard InChI is InChI=1S/C23H24N2O4/c1-13-11-14(2)19(15(3)12-13)24-21(26)17(5)29-23(27)20-16(4)28-22(25-20)18-9-7-6-8-10-18/h6-12,17H,1-5H3,(H,24,26)/t17-/m1/s1. The van der Waals surface area contributed by atoms with Gasteiger partial charge in [-0.3, -0.25) is 4.79 Å². The van der Waals surface area contributed by atoms with Crippen molar-refractivity contribution in [3.8, 4) is 11.5 Å². The van der Waals surface area contributed by atoms with Crippen molar-refractivity contribution in [3.05, 3.63) is 70.6 Å². The monoisotopic (exact) mass is 392 g/mol. The molecule has 150 valence electrons. The zero-order valence-electron chi connectivity index (χ0n) is 17.2. The summed E-state index contributed by atoms with van der Waals surface area (Å²) in [5.41, 5.74) is 4.57. The van der Waals surface area contributed by atoms with Crippen LogP contribution in [0.15, 0.2) is 46.9 Å². The molecule has 0 saturated carbocycles. The highest BCUT2D eigenvalue weighted by Crippen LogP contribution is 2.24. The number of oxazole rings is 1. The Hall–Kier alpha value is -3.41. The fraction of sp³-hybridized carbons (Fsp3) is 0.261. The van der Waals surface area contributed by atoms with Crippen molar-refractivity contribution < 1.29 is 18.7 Å². The molecule has 3 aromatic rings. The van der Waals surface area contributed by atoms with Crippen LogP contribution in [0, 0.1) is 27.7 Å². The second kappa shape index (κ2) is 8.31. The summed E-state index contributed by atoms with van der Waals surface area (Å²) >= 11 is 0. The van der Waals surface area contributed by atoms with E-state index in [2.05, 4.69) is 10.3 Å². The first-order chi connectivity index (χ1) is 13.8. The highest BCUT2D eigenvalue weighted by molar-refractivity contribution is 5.98. The van der Waals surface area contributed by atoms with Gasteiger partial charge >= 0.3 is 5.97 Å². The van der Waals surface area contributed by atoms with Gasteiger partial charge in [0, 0.05) is 11.3 Å². The first-order valence-corrected chi connectivity index (χ1v) is 9.38. The Balaban J connectivity index is 1.71. The predicted octanol–water partition coefficient (Wildman–Crippen LogP) is 4.76. The van der Waals surface area contributed by atoms with Gasteiger partial charge in [-0.25, -0.2) is 9.78 Å². The van der Waals surface area contributed by atoms with Gasteiger partial charge in [-0.05, 0) is 57.9 Å². The number of nitrogens with one attached hydrogen (secondary N) is 1. The summed E-state index contributed by atoms with van der Waals surface area (Å²) < 4.78 is 10.9. The summed E-state index contributed by atoms with van der Waals surface area (Å²) in [5.74, 6) is -0.434. The van der Waals surface area contributed by atoms with E-state index in [1.807, 2.05) is 63.2 Å². The second-order valence-corrected chi connectivity index (χ2v) is 7.10. The van der Waals surface area contributed by atoms with Crippen LogP contribution in [0.5, 0.6) is 0 Å². The van der Waals surface area contributed by atoms with Crippen LogP contribution < -0.4 is 5.32 Å². The molecule has 0 aliphatic heterocycles. The van der Waals surface area contributed by atoms with Crippen molar-refractivity contribution in [2.24, 2.45) is 0 Å². The lowest BCUT2D eigenvalue weighted by Gasteiger charge is -2.16. The Labute approximate surface area is 169 Å². The predicted molar refractivity (Wildman–Crippen MR) is 111 cm³/mol. The number of anilines is 1. The molecule has 6 nitrogen and oxygen atoms in total. The van der Waals surface area contributed by atoms with E-state index in [9.17, 15) is 9.59 Å². The number of rotatable bonds is 5. The quantitative estimate of drug-likeness (QED) is 0.633. The lowest BCUT2D eigenvalue weighted by atomic mass is 10.0. The van der Waals surface area contributed by atoms with Crippen LogP contribution in [-0.4, -0.2) is 23.0 Å². The fourth-order valence-electron chi connectivity index (χ4n) is 3.16. The number of amides is 1. The molecule has 0 fully saturated rings. The molecule has 0 aliphatic rings. The summed E-state index contributed by atoms with van der Waals surface area (Å²) in [7, 11) is 0. The lowest BCUT2D eigenvalue weighted by molar-refractivity contribution is -0.123. The van der Waals surface area contributed by atoms with Crippen molar-refractivity contribution in [3.63, 3.8) is 0 Å². The lowest BCUT2D eigenvalue weighted by Crippen LogP contribution is -2.30. The normalized spacial score (nSPS) is 11.8. The minimum Gasteiger partial charge on any atom is -0.448 e. The molecule has 0 bridgehead atoms. The topological polar surface area (TPSA) is 81.4 Å². The van der Waals surface area contributed by atoms with E-state index < -0.39 is 18.0 Å². The van der Waals surface area contributed by atoms with Gasteiger partial charge in [-0.1, -0.05) is 35.9 Å². The number of hydrogen-bond acceptors (Lipinski definition) is 5. The van der Waals surface area contributed by atoms with Crippen LogP contribution in [0.3, 0.4) is 0 Å². The van der Waals surface area contributed by atoms with Gasteiger partial charge in [-0.15, -0.1) is 0 Å². The molecular formula is C23H24N2O4. The summed E-state index contributed by atoms with van der Waals surface area (Å²) in [6, 6.07) is 13.2. The van der Waals surface area contributed by atoms with Crippen LogP contribution in [0.25, 0.3) is 11.5 Å². The maximum Gasteiger partial charge on any atom is 0.361 e. The number of hydrogen-bond donors (Lipinski definition) is 1. The smallest absolute Gasteiger partial charge is 0.361 e. The molecule has 29 heavy (non-hydrogen) atoms. The molecule has 0 saturated heterocycles. The summed E-state index contributed by atoms with van der Waals surface area (Å²) in [4.78, 5) is 29.3. The molecule has 1 atom stereocenters. The zero-order valence-corrected chi connectivity index (χ0v) is 17.2. The Morgan fingerprint density at radius 1 is 1.03 bits per heavy atom. The third-order valence-electron chi connectivity index (χ3n) is 4.59. The average molecular weight is 392 g/mol. The molecule has 1 heterocycles. The third kappa shape index (κ3) is 4.54. The SMILES string of the molecule is Cc1cc(C)c(NC(=O)[C@@H](C)OC(=O)c2nc(-c3ccccc3)oc2C)c(C)c1. The first-order valence-electron chi connectivity index (χ1n) is 9.38. The third-order valence-corrected chi connectivity index (χ3v) is 4.59. The first kappa shape index (κ1) is 20.3. The van der Waals surface area contributed by atoms with Crippen LogP contribution in [0.4, 0.5) is 5.69 Å². The van der Waals surface area contributed by atoms with Crippen molar-refractivity contribution >= 4 is 17.6 Å². The fourth-order valence-corrected chi connectivity index (χ4v) is 3.16. The van der Waals surface area contributed by atoms with Gasteiger partial charge in [0.2, 0.25) is 5.89 Å². The van der Waals surface area contributed by atoms with Gasteiger partial charge in [0.1, 0.15) is 5.76 Å². The number of carbonyl (C=O) groups excluding carboxylic acids is 2. The number of aromatic nitrogens is 1. The highest BCUT2D eigenvalue weighted by Gasteiger charge is 2.25. The van der Waals surface area contributed by atoms with E-state index in [1.54, 1.807) is 6.92 Å². The summed E-state index contributed by atoms with van der Waals surface area (Å²) in [5, 5.41) is 2.85. The van der Waals surface area contributed by atoms with Crippen molar-refractivity contribution in [2.75, 3.05) is 5.32 Å². The maximum absolute atomic E-state index is 12.5. The van der Waals surface area contributed by atoms with Crippen molar-refractivity contribution in [1.29, 1.82) is 0 Å². The van der Waals surface area contributed by atoms with Crippen molar-refractivity contribution in [2.45, 2.75) is 40.7 Å². The van der Waals surface area contributed by atoms with E-state index in [4.69, 9.17) is 9.15 Å². The summed E-state index contributed by atoms with van der Waals surface area (Å²) in [6.07, 6.45) is -0.987. The number of esters is 1. The van der Waals surface area contributed by atoms with E-state index in [0.29, 0.717) is 11.7 Å². The highest BCUT2D eigenvalue weighted by atomic mass is 16.5. The number of aryl methyl sites for hydroxylation is 4. The molecular weight excluding hydrogens is 368 g/mol. The molecule has 0 radical (unpaired) electrons. The number of ether oxygens (including phenoxy) is 1. The molecule has 1 aromatic heterocycles. The van der Waals surface area contributed by atoms with E-state index in [1.165, 1.54) is 6.92 Å². The van der Waals surface area contributed by atoms with E-state index in [-0.39, 0.29) is 5.69 Å². The molecule has 2 aromatic carbocycles. The molecule has 0 unspecified atom stereocenters. The molecule has 0 aliphatic carbocycles. The Bertz CT molecular complexity index is 1030. The van der Waals surface area contributed by atoms with E-state index in [0.717, 1.165) is 27.9 Å². The van der Waals surface area contributed by atoms with Crippen LogP contribution in [0.1, 0.15) is 39.9 Å². The Morgan fingerprint density at radius 2 is 1.66 bits per heavy atom. The van der Waals surface area contributed by atoms with Gasteiger partial charge in [-0.2, -0.15) is 0 Å². The van der Waals surface area contributed by atoms with Gasteiger partial charge in [0.05, 0.1) is 0 Å². The maximum atomic E-state index is 12.5. The van der Waals surface area contributed by atoms with Gasteiger partial charge < -0.3 is 14.5 Å².